The van der Waals surface area contributed by atoms with Crippen LogP contribution in [-0.2, 0) is 4.79 Å². The molecule has 1 aromatic rings. The molecule has 3 rings (SSSR count). The van der Waals surface area contributed by atoms with Crippen LogP contribution < -0.4 is 10.2 Å². The second-order valence-electron chi connectivity index (χ2n) is 8.40. The largest absolute Gasteiger partial charge is 0.373 e. The molecule has 7 heteroatoms. The average Bonchev–Trinajstić information content (AvgIpc) is 2.64. The minimum atomic E-state index is 0.276. The highest BCUT2D eigenvalue weighted by atomic mass is 16.2. The minimum Gasteiger partial charge on any atom is -0.373 e. The fourth-order valence-corrected chi connectivity index (χ4v) is 4.30. The first kappa shape index (κ1) is 19.9. The van der Waals surface area contributed by atoms with Crippen LogP contribution in [0, 0.1) is 12.3 Å². The van der Waals surface area contributed by atoms with E-state index in [1.54, 1.807) is 0 Å². The first-order chi connectivity index (χ1) is 12.9. The standard InChI is InChI=1S/C20H34N6O/c1-16-14-17(21-2)23-19(22-16)25-12-8-20(9-13-25)7-6-18(27)26(15-20)11-5-10-24(3)4/h14H,5-13,15H2,1-4H3,(H,21,22,23). The van der Waals surface area contributed by atoms with Crippen molar-refractivity contribution in [1.29, 1.82) is 0 Å². The molecular weight excluding hydrogens is 340 g/mol. The number of hydrogen-bond acceptors (Lipinski definition) is 6. The number of carbonyl (C=O) groups is 1. The lowest BCUT2D eigenvalue weighted by atomic mass is 9.72. The van der Waals surface area contributed by atoms with Gasteiger partial charge in [-0.15, -0.1) is 0 Å². The summed E-state index contributed by atoms with van der Waals surface area (Å²) in [4.78, 5) is 28.2. The SMILES string of the molecule is CNc1cc(C)nc(N2CCC3(CCC(=O)N(CCCN(C)C)C3)CC2)n1. The third-order valence-electron chi connectivity index (χ3n) is 5.99. The van der Waals surface area contributed by atoms with Gasteiger partial charge in [0.05, 0.1) is 0 Å². The zero-order valence-corrected chi connectivity index (χ0v) is 17.3. The molecule has 0 aliphatic carbocycles. The Hall–Kier alpha value is -1.89. The van der Waals surface area contributed by atoms with Crippen LogP contribution in [0.25, 0.3) is 0 Å². The van der Waals surface area contributed by atoms with E-state index >= 15 is 0 Å². The van der Waals surface area contributed by atoms with Crippen LogP contribution in [0.3, 0.4) is 0 Å². The van der Waals surface area contributed by atoms with Crippen molar-refractivity contribution in [3.8, 4) is 0 Å². The highest BCUT2D eigenvalue weighted by molar-refractivity contribution is 5.77. The van der Waals surface area contributed by atoms with Gasteiger partial charge in [0.2, 0.25) is 11.9 Å². The van der Waals surface area contributed by atoms with Crippen molar-refractivity contribution in [2.24, 2.45) is 5.41 Å². The fourth-order valence-electron chi connectivity index (χ4n) is 4.30. The predicted molar refractivity (Wildman–Crippen MR) is 109 cm³/mol. The van der Waals surface area contributed by atoms with Crippen molar-refractivity contribution in [3.05, 3.63) is 11.8 Å². The Morgan fingerprint density at radius 2 is 1.96 bits per heavy atom. The third-order valence-corrected chi connectivity index (χ3v) is 5.99. The molecule has 2 aliphatic rings. The van der Waals surface area contributed by atoms with E-state index in [2.05, 4.69) is 44.1 Å². The summed E-state index contributed by atoms with van der Waals surface area (Å²) >= 11 is 0. The number of rotatable bonds is 6. The molecule has 1 amide bonds. The molecular formula is C20H34N6O. The van der Waals surface area contributed by atoms with E-state index in [0.29, 0.717) is 12.3 Å². The molecule has 1 aromatic heterocycles. The number of aromatic nitrogens is 2. The maximum atomic E-state index is 12.4. The second kappa shape index (κ2) is 8.42. The van der Waals surface area contributed by atoms with Gasteiger partial charge in [-0.1, -0.05) is 0 Å². The Morgan fingerprint density at radius 1 is 1.22 bits per heavy atom. The van der Waals surface area contributed by atoms with Gasteiger partial charge in [-0.3, -0.25) is 4.79 Å². The van der Waals surface area contributed by atoms with Crippen molar-refractivity contribution in [2.45, 2.75) is 39.0 Å². The molecule has 0 aromatic carbocycles. The first-order valence-electron chi connectivity index (χ1n) is 10.1. The fraction of sp³-hybridized carbons (Fsp3) is 0.750. The van der Waals surface area contributed by atoms with Gasteiger partial charge in [0.1, 0.15) is 5.82 Å². The van der Waals surface area contributed by atoms with Crippen LogP contribution in [0.15, 0.2) is 6.07 Å². The summed E-state index contributed by atoms with van der Waals surface area (Å²) in [6, 6.07) is 1.97. The lowest BCUT2D eigenvalue weighted by Crippen LogP contribution is -2.52. The molecule has 2 aliphatic heterocycles. The number of anilines is 2. The molecule has 7 nitrogen and oxygen atoms in total. The maximum absolute atomic E-state index is 12.4. The number of hydrogen-bond donors (Lipinski definition) is 1. The zero-order chi connectivity index (χ0) is 19.4. The van der Waals surface area contributed by atoms with Gasteiger partial charge >= 0.3 is 0 Å². The first-order valence-corrected chi connectivity index (χ1v) is 10.1. The molecule has 1 N–H and O–H groups in total. The highest BCUT2D eigenvalue weighted by Crippen LogP contribution is 2.40. The van der Waals surface area contributed by atoms with Crippen molar-refractivity contribution >= 4 is 17.7 Å². The molecule has 2 fully saturated rings. The molecule has 1 spiro atoms. The number of nitrogens with zero attached hydrogens (tertiary/aromatic N) is 5. The summed E-state index contributed by atoms with van der Waals surface area (Å²) < 4.78 is 0. The van der Waals surface area contributed by atoms with Crippen LogP contribution >= 0.6 is 0 Å². The van der Waals surface area contributed by atoms with Gasteiger partial charge in [-0.05, 0) is 58.7 Å². The monoisotopic (exact) mass is 374 g/mol. The van der Waals surface area contributed by atoms with Crippen molar-refractivity contribution in [1.82, 2.24) is 19.8 Å². The molecule has 0 unspecified atom stereocenters. The van der Waals surface area contributed by atoms with Crippen molar-refractivity contribution < 1.29 is 4.79 Å². The van der Waals surface area contributed by atoms with Crippen LogP contribution in [0.2, 0.25) is 0 Å². The third kappa shape index (κ3) is 4.89. The van der Waals surface area contributed by atoms with Gasteiger partial charge in [-0.25, -0.2) is 4.98 Å². The normalized spacial score (nSPS) is 19.8. The second-order valence-corrected chi connectivity index (χ2v) is 8.40. The van der Waals surface area contributed by atoms with E-state index in [1.807, 2.05) is 20.0 Å². The molecule has 3 heterocycles. The van der Waals surface area contributed by atoms with E-state index in [-0.39, 0.29) is 5.41 Å². The van der Waals surface area contributed by atoms with Crippen LogP contribution in [0.1, 0.15) is 37.8 Å². The molecule has 0 atom stereocenters. The molecule has 150 valence electrons. The topological polar surface area (TPSA) is 64.6 Å². The highest BCUT2D eigenvalue weighted by Gasteiger charge is 2.41. The van der Waals surface area contributed by atoms with Gasteiger partial charge in [0, 0.05) is 51.4 Å². The lowest BCUT2D eigenvalue weighted by Gasteiger charge is -2.47. The summed E-state index contributed by atoms with van der Waals surface area (Å²) in [7, 11) is 6.06. The van der Waals surface area contributed by atoms with Gasteiger partial charge in [0.15, 0.2) is 0 Å². The van der Waals surface area contributed by atoms with Gasteiger partial charge < -0.3 is 20.0 Å². The van der Waals surface area contributed by atoms with Crippen LogP contribution in [0.5, 0.6) is 0 Å². The number of likely N-dealkylation sites (tertiary alicyclic amines) is 1. The van der Waals surface area contributed by atoms with E-state index in [9.17, 15) is 4.79 Å². The van der Waals surface area contributed by atoms with Crippen LogP contribution in [-0.4, -0.2) is 79.5 Å². The summed E-state index contributed by atoms with van der Waals surface area (Å²) in [6.07, 6.45) is 4.99. The van der Waals surface area contributed by atoms with Gasteiger partial charge in [-0.2, -0.15) is 4.98 Å². The molecule has 2 saturated heterocycles. The Morgan fingerprint density at radius 3 is 2.63 bits per heavy atom. The summed E-state index contributed by atoms with van der Waals surface area (Å²) in [5.41, 5.74) is 1.26. The Kier molecular flexibility index (Phi) is 6.19. The number of piperidine rings is 2. The predicted octanol–water partition coefficient (Wildman–Crippen LogP) is 1.99. The number of carbonyl (C=O) groups excluding carboxylic acids is 1. The van der Waals surface area contributed by atoms with E-state index in [0.717, 1.165) is 75.9 Å². The van der Waals surface area contributed by atoms with Crippen molar-refractivity contribution in [2.75, 3.05) is 64.1 Å². The summed E-state index contributed by atoms with van der Waals surface area (Å²) in [6.45, 7) is 6.77. The van der Waals surface area contributed by atoms with Gasteiger partial charge in [0.25, 0.3) is 0 Å². The molecule has 0 saturated carbocycles. The number of nitrogens with one attached hydrogen (secondary N) is 1. The Bertz CT molecular complexity index is 654. The number of aryl methyl sites for hydroxylation is 1. The smallest absolute Gasteiger partial charge is 0.227 e. The summed E-state index contributed by atoms with van der Waals surface area (Å²) in [5, 5.41) is 3.12. The maximum Gasteiger partial charge on any atom is 0.227 e. The molecule has 0 bridgehead atoms. The Balaban J connectivity index is 1.60. The average molecular weight is 375 g/mol. The van der Waals surface area contributed by atoms with E-state index in [4.69, 9.17) is 0 Å². The Labute approximate surface area is 163 Å². The minimum absolute atomic E-state index is 0.276. The van der Waals surface area contributed by atoms with Crippen molar-refractivity contribution in [3.63, 3.8) is 0 Å². The zero-order valence-electron chi connectivity index (χ0n) is 17.3. The van der Waals surface area contributed by atoms with E-state index in [1.165, 1.54) is 0 Å². The van der Waals surface area contributed by atoms with E-state index < -0.39 is 0 Å². The molecule has 0 radical (unpaired) electrons. The number of amides is 1. The molecule has 27 heavy (non-hydrogen) atoms. The lowest BCUT2D eigenvalue weighted by molar-refractivity contribution is -0.138. The van der Waals surface area contributed by atoms with Crippen LogP contribution in [0.4, 0.5) is 11.8 Å². The summed E-state index contributed by atoms with van der Waals surface area (Å²) in [5.74, 6) is 2.03. The quantitative estimate of drug-likeness (QED) is 0.822.